The first-order valence-corrected chi connectivity index (χ1v) is 8.29. The molecule has 3 rings (SSSR count). The summed E-state index contributed by atoms with van der Waals surface area (Å²) in [7, 11) is 1.83. The molecule has 9 heteroatoms. The number of rotatable bonds is 5. The number of ether oxygens (including phenoxy) is 1. The molecule has 3 N–H and O–H groups in total. The highest BCUT2D eigenvalue weighted by Gasteiger charge is 2.12. The summed E-state index contributed by atoms with van der Waals surface area (Å²) in [5, 5.41) is 1.85. The molecule has 126 valence electrons. The number of fused-ring (bicyclic) bond motifs is 1. The number of H-pyrrole nitrogens is 1. The second-order valence-electron chi connectivity index (χ2n) is 5.59. The van der Waals surface area contributed by atoms with E-state index in [2.05, 4.69) is 19.9 Å². The van der Waals surface area contributed by atoms with Gasteiger partial charge in [-0.2, -0.15) is 9.97 Å². The molecule has 0 spiro atoms. The molecule has 0 saturated heterocycles. The molecule has 3 aromatic heterocycles. The third-order valence-corrected chi connectivity index (χ3v) is 4.11. The highest BCUT2D eigenvalue weighted by atomic mass is 32.1. The molecule has 0 amide bonds. The molecule has 0 aliphatic heterocycles. The molecule has 0 bridgehead atoms. The Balaban J connectivity index is 1.86. The summed E-state index contributed by atoms with van der Waals surface area (Å²) >= 11 is 1.37. The van der Waals surface area contributed by atoms with Gasteiger partial charge < -0.3 is 20.4 Å². The average molecular weight is 346 g/mol. The van der Waals surface area contributed by atoms with Crippen LogP contribution in [0.3, 0.4) is 0 Å². The van der Waals surface area contributed by atoms with Gasteiger partial charge in [0.2, 0.25) is 11.8 Å². The van der Waals surface area contributed by atoms with Gasteiger partial charge in [0.25, 0.3) is 5.56 Å². The van der Waals surface area contributed by atoms with E-state index in [0.717, 1.165) is 0 Å². The second-order valence-corrected chi connectivity index (χ2v) is 6.51. The van der Waals surface area contributed by atoms with Crippen LogP contribution in [0.1, 0.15) is 19.7 Å². The fourth-order valence-corrected chi connectivity index (χ4v) is 2.96. The first-order valence-electron chi connectivity index (χ1n) is 7.41. The van der Waals surface area contributed by atoms with Gasteiger partial charge in [0.1, 0.15) is 16.3 Å². The van der Waals surface area contributed by atoms with E-state index in [1.54, 1.807) is 6.07 Å². The topological polar surface area (TPSA) is 110 Å². The Labute approximate surface area is 142 Å². The number of aromatic nitrogens is 4. The standard InChI is InChI=1S/C15H18N6O2S/c1-8(2)23-12-6-11(19-15(16)20-12)21(3)7-10-17-9-4-5-24-13(9)14(22)18-10/h4-6,8H,7H2,1-3H3,(H2,16,19,20)(H,17,18,22). The number of nitrogens with two attached hydrogens (primary N) is 1. The van der Waals surface area contributed by atoms with Crippen molar-refractivity contribution in [2.75, 3.05) is 17.7 Å². The van der Waals surface area contributed by atoms with Crippen LogP contribution in [-0.4, -0.2) is 33.1 Å². The van der Waals surface area contributed by atoms with Crippen LogP contribution in [0.2, 0.25) is 0 Å². The number of thiophene rings is 1. The Morgan fingerprint density at radius 2 is 2.17 bits per heavy atom. The van der Waals surface area contributed by atoms with E-state index in [-0.39, 0.29) is 17.6 Å². The molecule has 3 heterocycles. The second kappa shape index (κ2) is 6.44. The Morgan fingerprint density at radius 3 is 2.92 bits per heavy atom. The maximum absolute atomic E-state index is 12.0. The van der Waals surface area contributed by atoms with Gasteiger partial charge in [-0.15, -0.1) is 11.3 Å². The zero-order valence-electron chi connectivity index (χ0n) is 13.6. The molecule has 0 fully saturated rings. The summed E-state index contributed by atoms with van der Waals surface area (Å²) in [6.07, 6.45) is -0.0172. The van der Waals surface area contributed by atoms with Crippen LogP contribution in [-0.2, 0) is 6.54 Å². The SMILES string of the molecule is CC(C)Oc1cc(N(C)Cc2nc3ccsc3c(=O)[nH]2)nc(N)n1. The highest BCUT2D eigenvalue weighted by Crippen LogP contribution is 2.20. The molecule has 8 nitrogen and oxygen atoms in total. The first kappa shape index (κ1) is 16.2. The lowest BCUT2D eigenvalue weighted by Gasteiger charge is -2.19. The minimum Gasteiger partial charge on any atom is -0.475 e. The first-order chi connectivity index (χ1) is 11.4. The van der Waals surface area contributed by atoms with Crippen molar-refractivity contribution in [2.24, 2.45) is 0 Å². The van der Waals surface area contributed by atoms with E-state index in [9.17, 15) is 4.79 Å². The molecule has 0 atom stereocenters. The van der Waals surface area contributed by atoms with E-state index < -0.39 is 0 Å². The van der Waals surface area contributed by atoms with Gasteiger partial charge in [-0.05, 0) is 25.3 Å². The minimum absolute atomic E-state index is 0.0172. The van der Waals surface area contributed by atoms with E-state index in [4.69, 9.17) is 10.5 Å². The van der Waals surface area contributed by atoms with Crippen molar-refractivity contribution in [3.05, 3.63) is 33.7 Å². The Kier molecular flexibility index (Phi) is 4.34. The van der Waals surface area contributed by atoms with Crippen molar-refractivity contribution in [3.63, 3.8) is 0 Å². The van der Waals surface area contributed by atoms with Gasteiger partial charge in [-0.25, -0.2) is 4.98 Å². The van der Waals surface area contributed by atoms with Gasteiger partial charge >= 0.3 is 0 Å². The van der Waals surface area contributed by atoms with E-state index >= 15 is 0 Å². The summed E-state index contributed by atoms with van der Waals surface area (Å²) in [4.78, 5) is 29.4. The number of nitrogens with zero attached hydrogens (tertiary/aromatic N) is 4. The Hall–Kier alpha value is -2.68. The molecule has 24 heavy (non-hydrogen) atoms. The molecule has 0 radical (unpaired) electrons. The van der Waals surface area contributed by atoms with E-state index in [1.807, 2.05) is 37.2 Å². The van der Waals surface area contributed by atoms with Gasteiger partial charge in [0, 0.05) is 13.1 Å². The molecule has 0 aromatic carbocycles. The lowest BCUT2D eigenvalue weighted by atomic mass is 10.4. The van der Waals surface area contributed by atoms with Crippen molar-refractivity contribution < 1.29 is 4.74 Å². The summed E-state index contributed by atoms with van der Waals surface area (Å²) < 4.78 is 6.20. The van der Waals surface area contributed by atoms with Crippen LogP contribution in [0.25, 0.3) is 10.2 Å². The van der Waals surface area contributed by atoms with E-state index in [1.165, 1.54) is 11.3 Å². The van der Waals surface area contributed by atoms with Crippen molar-refractivity contribution in [3.8, 4) is 5.88 Å². The van der Waals surface area contributed by atoms with Gasteiger partial charge in [-0.3, -0.25) is 4.79 Å². The normalized spacial score (nSPS) is 11.2. The number of aromatic amines is 1. The third-order valence-electron chi connectivity index (χ3n) is 3.20. The number of nitrogens with one attached hydrogen (secondary N) is 1. The molecular formula is C15H18N6O2S. The summed E-state index contributed by atoms with van der Waals surface area (Å²) in [6, 6.07) is 3.54. The number of hydrogen-bond acceptors (Lipinski definition) is 8. The summed E-state index contributed by atoms with van der Waals surface area (Å²) in [5.74, 6) is 1.68. The van der Waals surface area contributed by atoms with Gasteiger partial charge in [0.15, 0.2) is 0 Å². The minimum atomic E-state index is -0.135. The highest BCUT2D eigenvalue weighted by molar-refractivity contribution is 7.17. The molecule has 0 aliphatic carbocycles. The zero-order chi connectivity index (χ0) is 17.3. The van der Waals surface area contributed by atoms with Crippen LogP contribution >= 0.6 is 11.3 Å². The summed E-state index contributed by atoms with van der Waals surface area (Å²) in [6.45, 7) is 4.19. The van der Waals surface area contributed by atoms with Crippen LogP contribution in [0.15, 0.2) is 22.3 Å². The predicted molar refractivity (Wildman–Crippen MR) is 94.6 cm³/mol. The lowest BCUT2D eigenvalue weighted by Crippen LogP contribution is -2.22. The van der Waals surface area contributed by atoms with Crippen molar-refractivity contribution in [2.45, 2.75) is 26.5 Å². The van der Waals surface area contributed by atoms with Crippen molar-refractivity contribution in [1.82, 2.24) is 19.9 Å². The summed E-state index contributed by atoms with van der Waals surface area (Å²) in [5.41, 5.74) is 6.31. The van der Waals surface area contributed by atoms with Crippen LogP contribution in [0.5, 0.6) is 5.88 Å². The smallest absolute Gasteiger partial charge is 0.268 e. The van der Waals surface area contributed by atoms with Crippen LogP contribution in [0.4, 0.5) is 11.8 Å². The molecular weight excluding hydrogens is 328 g/mol. The number of anilines is 2. The van der Waals surface area contributed by atoms with Crippen molar-refractivity contribution in [1.29, 1.82) is 0 Å². The van der Waals surface area contributed by atoms with Crippen LogP contribution in [0, 0.1) is 0 Å². The van der Waals surface area contributed by atoms with Crippen LogP contribution < -0.4 is 20.9 Å². The molecule has 0 saturated carbocycles. The third kappa shape index (κ3) is 3.46. The molecule has 3 aromatic rings. The number of nitrogen functional groups attached to an aromatic ring is 1. The average Bonchev–Trinajstić information content (AvgIpc) is 2.94. The van der Waals surface area contributed by atoms with Gasteiger partial charge in [-0.1, -0.05) is 0 Å². The van der Waals surface area contributed by atoms with E-state index in [0.29, 0.717) is 34.3 Å². The molecule has 0 unspecified atom stereocenters. The maximum atomic E-state index is 12.0. The Bertz CT molecular complexity index is 920. The maximum Gasteiger partial charge on any atom is 0.268 e. The monoisotopic (exact) mass is 346 g/mol. The Morgan fingerprint density at radius 1 is 1.38 bits per heavy atom. The lowest BCUT2D eigenvalue weighted by molar-refractivity contribution is 0.232. The fourth-order valence-electron chi connectivity index (χ4n) is 2.23. The predicted octanol–water partition coefficient (Wildman–Crippen LogP) is 1.78. The van der Waals surface area contributed by atoms with Crippen molar-refractivity contribution >= 4 is 33.3 Å². The quantitative estimate of drug-likeness (QED) is 0.724. The molecule has 0 aliphatic rings. The zero-order valence-corrected chi connectivity index (χ0v) is 14.4. The largest absolute Gasteiger partial charge is 0.475 e. The van der Waals surface area contributed by atoms with Gasteiger partial charge in [0.05, 0.1) is 18.2 Å². The fraction of sp³-hybridized carbons (Fsp3) is 0.333. The number of hydrogen-bond donors (Lipinski definition) is 2.